The van der Waals surface area contributed by atoms with E-state index < -0.39 is 0 Å². The van der Waals surface area contributed by atoms with E-state index in [0.29, 0.717) is 17.3 Å². The predicted molar refractivity (Wildman–Crippen MR) is 58.6 cm³/mol. The minimum atomic E-state index is 0.656. The molecule has 0 spiro atoms. The molecule has 0 aliphatic heterocycles. The third kappa shape index (κ3) is 3.09. The maximum atomic E-state index is 5.95. The van der Waals surface area contributed by atoms with Crippen molar-refractivity contribution in [3.8, 4) is 0 Å². The van der Waals surface area contributed by atoms with Gasteiger partial charge in [-0.1, -0.05) is 29.8 Å². The zero-order valence-electron chi connectivity index (χ0n) is 7.33. The molecule has 0 bridgehead atoms. The predicted octanol–water partition coefficient (Wildman–Crippen LogP) is 2.28. The Morgan fingerprint density at radius 2 is 2.15 bits per heavy atom. The average molecular weight is 197 g/mol. The van der Waals surface area contributed by atoms with Crippen LogP contribution in [0, 0.1) is 0 Å². The van der Waals surface area contributed by atoms with Gasteiger partial charge in [0.05, 0.1) is 0 Å². The minimum absolute atomic E-state index is 0.656. The van der Waals surface area contributed by atoms with Crippen LogP contribution in [0.4, 0.5) is 5.69 Å². The summed E-state index contributed by atoms with van der Waals surface area (Å²) in [5, 5.41) is 0.674. The summed E-state index contributed by atoms with van der Waals surface area (Å²) in [6, 6.07) is 5.46. The van der Waals surface area contributed by atoms with Gasteiger partial charge in [0.15, 0.2) is 0 Å². The zero-order chi connectivity index (χ0) is 9.68. The van der Waals surface area contributed by atoms with Gasteiger partial charge >= 0.3 is 0 Å². The monoisotopic (exact) mass is 196 g/mol. The quantitative estimate of drug-likeness (QED) is 0.729. The summed E-state index contributed by atoms with van der Waals surface area (Å²) < 4.78 is 0. The molecule has 0 unspecified atom stereocenters. The first-order chi connectivity index (χ1) is 6.24. The highest BCUT2D eigenvalue weighted by Gasteiger charge is 1.95. The van der Waals surface area contributed by atoms with Gasteiger partial charge in [-0.25, -0.2) is 0 Å². The van der Waals surface area contributed by atoms with Gasteiger partial charge in [-0.05, 0) is 30.7 Å². The summed E-state index contributed by atoms with van der Waals surface area (Å²) in [6.07, 6.45) is 4.81. The van der Waals surface area contributed by atoms with Crippen LogP contribution in [-0.4, -0.2) is 6.54 Å². The maximum Gasteiger partial charge on any atom is 0.0498 e. The summed E-state index contributed by atoms with van der Waals surface area (Å²) in [7, 11) is 0. The van der Waals surface area contributed by atoms with Gasteiger partial charge in [-0.3, -0.25) is 0 Å². The van der Waals surface area contributed by atoms with Crippen LogP contribution in [0.2, 0.25) is 5.02 Å². The number of nitrogens with two attached hydrogens (primary N) is 2. The first kappa shape index (κ1) is 10.1. The Bertz CT molecular complexity index is 308. The number of rotatable bonds is 3. The van der Waals surface area contributed by atoms with E-state index in [4.69, 9.17) is 23.1 Å². The molecule has 0 atom stereocenters. The molecule has 3 heteroatoms. The lowest BCUT2D eigenvalue weighted by atomic mass is 10.2. The molecule has 0 aliphatic carbocycles. The maximum absolute atomic E-state index is 5.95. The van der Waals surface area contributed by atoms with Gasteiger partial charge in [-0.15, -0.1) is 0 Å². The number of hydrogen-bond donors (Lipinski definition) is 2. The molecule has 2 nitrogen and oxygen atoms in total. The van der Waals surface area contributed by atoms with Crippen molar-refractivity contribution in [2.75, 3.05) is 12.3 Å². The van der Waals surface area contributed by atoms with E-state index in [1.54, 1.807) is 6.07 Å². The van der Waals surface area contributed by atoms with E-state index in [1.807, 2.05) is 24.3 Å². The standard InChI is InChI=1S/C10H13ClN2/c11-10-7-9(13)5-4-8(10)3-1-2-6-12/h1,3-5,7H,2,6,12-13H2. The van der Waals surface area contributed by atoms with Crippen molar-refractivity contribution in [2.45, 2.75) is 6.42 Å². The largest absolute Gasteiger partial charge is 0.399 e. The van der Waals surface area contributed by atoms with Crippen LogP contribution in [0.25, 0.3) is 6.08 Å². The lowest BCUT2D eigenvalue weighted by molar-refractivity contribution is 1.01. The van der Waals surface area contributed by atoms with E-state index in [-0.39, 0.29) is 0 Å². The first-order valence-electron chi connectivity index (χ1n) is 4.15. The van der Waals surface area contributed by atoms with Crippen LogP contribution in [0.5, 0.6) is 0 Å². The topological polar surface area (TPSA) is 52.0 Å². The van der Waals surface area contributed by atoms with Crippen LogP contribution < -0.4 is 11.5 Å². The smallest absolute Gasteiger partial charge is 0.0498 e. The fourth-order valence-electron chi connectivity index (χ4n) is 0.985. The van der Waals surface area contributed by atoms with Gasteiger partial charge < -0.3 is 11.5 Å². The van der Waals surface area contributed by atoms with Gasteiger partial charge in [0.1, 0.15) is 0 Å². The third-order valence-electron chi connectivity index (χ3n) is 1.66. The summed E-state index contributed by atoms with van der Waals surface area (Å²) in [6.45, 7) is 0.656. The van der Waals surface area contributed by atoms with Crippen molar-refractivity contribution in [3.63, 3.8) is 0 Å². The molecule has 0 aromatic heterocycles. The Labute approximate surface area is 83.2 Å². The molecule has 13 heavy (non-hydrogen) atoms. The van der Waals surface area contributed by atoms with Crippen LogP contribution in [0.1, 0.15) is 12.0 Å². The fraction of sp³-hybridized carbons (Fsp3) is 0.200. The normalized spacial score (nSPS) is 10.9. The Balaban J connectivity index is 2.77. The molecule has 1 rings (SSSR count). The van der Waals surface area contributed by atoms with E-state index in [9.17, 15) is 0 Å². The van der Waals surface area contributed by atoms with Crippen molar-refractivity contribution in [2.24, 2.45) is 5.73 Å². The number of anilines is 1. The highest BCUT2D eigenvalue weighted by Crippen LogP contribution is 2.20. The van der Waals surface area contributed by atoms with Crippen molar-refractivity contribution in [1.29, 1.82) is 0 Å². The van der Waals surface area contributed by atoms with Crippen molar-refractivity contribution < 1.29 is 0 Å². The number of halogens is 1. The molecule has 0 radical (unpaired) electrons. The zero-order valence-corrected chi connectivity index (χ0v) is 8.09. The fourth-order valence-corrected chi connectivity index (χ4v) is 1.24. The van der Waals surface area contributed by atoms with E-state index in [1.165, 1.54) is 0 Å². The van der Waals surface area contributed by atoms with Crippen LogP contribution in [-0.2, 0) is 0 Å². The molecule has 0 amide bonds. The number of hydrogen-bond acceptors (Lipinski definition) is 2. The molecular formula is C10H13ClN2. The lowest BCUT2D eigenvalue weighted by Crippen LogP contribution is -1.95. The van der Waals surface area contributed by atoms with Crippen LogP contribution in [0.15, 0.2) is 24.3 Å². The second-order valence-electron chi connectivity index (χ2n) is 2.76. The Morgan fingerprint density at radius 1 is 1.38 bits per heavy atom. The van der Waals surface area contributed by atoms with E-state index in [0.717, 1.165) is 12.0 Å². The minimum Gasteiger partial charge on any atom is -0.399 e. The lowest BCUT2D eigenvalue weighted by Gasteiger charge is -1.99. The molecule has 0 heterocycles. The number of benzene rings is 1. The highest BCUT2D eigenvalue weighted by atomic mass is 35.5. The summed E-state index contributed by atoms with van der Waals surface area (Å²) in [4.78, 5) is 0. The SMILES string of the molecule is NCCC=Cc1ccc(N)cc1Cl. The van der Waals surface area contributed by atoms with Crippen molar-refractivity contribution >= 4 is 23.4 Å². The average Bonchev–Trinajstić information content (AvgIpc) is 2.09. The Hall–Kier alpha value is -0.990. The molecule has 1 aromatic carbocycles. The Morgan fingerprint density at radius 3 is 2.77 bits per heavy atom. The second kappa shape index (κ2) is 4.90. The number of nitrogen functional groups attached to an aromatic ring is 1. The van der Waals surface area contributed by atoms with Crippen LogP contribution >= 0.6 is 11.6 Å². The van der Waals surface area contributed by atoms with E-state index in [2.05, 4.69) is 0 Å². The van der Waals surface area contributed by atoms with Crippen molar-refractivity contribution in [3.05, 3.63) is 34.9 Å². The molecule has 1 aromatic rings. The molecule has 0 aliphatic rings. The third-order valence-corrected chi connectivity index (χ3v) is 1.98. The highest BCUT2D eigenvalue weighted by molar-refractivity contribution is 6.32. The van der Waals surface area contributed by atoms with E-state index >= 15 is 0 Å². The molecule has 0 saturated carbocycles. The molecule has 70 valence electrons. The molecular weight excluding hydrogens is 184 g/mol. The van der Waals surface area contributed by atoms with Gasteiger partial charge in [0, 0.05) is 10.7 Å². The first-order valence-corrected chi connectivity index (χ1v) is 4.53. The second-order valence-corrected chi connectivity index (χ2v) is 3.17. The van der Waals surface area contributed by atoms with Crippen molar-refractivity contribution in [1.82, 2.24) is 0 Å². The van der Waals surface area contributed by atoms with Gasteiger partial charge in [0.25, 0.3) is 0 Å². The molecule has 4 N–H and O–H groups in total. The Kier molecular flexibility index (Phi) is 3.80. The summed E-state index contributed by atoms with van der Waals surface area (Å²) in [5.41, 5.74) is 12.6. The summed E-state index contributed by atoms with van der Waals surface area (Å²) in [5.74, 6) is 0. The van der Waals surface area contributed by atoms with Gasteiger partial charge in [-0.2, -0.15) is 0 Å². The molecule has 0 fully saturated rings. The van der Waals surface area contributed by atoms with Gasteiger partial charge in [0.2, 0.25) is 0 Å². The van der Waals surface area contributed by atoms with Crippen LogP contribution in [0.3, 0.4) is 0 Å². The molecule has 0 saturated heterocycles. The summed E-state index contributed by atoms with van der Waals surface area (Å²) >= 11 is 5.95.